The molecule has 1 aliphatic heterocycles. The SMILES string of the molecule is Cc1csc(CC(=O)C2=CCCCO2)n1. The standard InChI is InChI=1S/C11H13NO2S/c1-8-7-15-11(12-8)6-9(13)10-4-2-3-5-14-10/h4,7H,2-3,5-6H2,1H3. The van der Waals surface area contributed by atoms with Crippen LogP contribution in [0.15, 0.2) is 17.2 Å². The number of ether oxygens (including phenoxy) is 1. The fraction of sp³-hybridized carbons (Fsp3) is 0.455. The van der Waals surface area contributed by atoms with E-state index in [1.807, 2.05) is 18.4 Å². The van der Waals surface area contributed by atoms with Gasteiger partial charge in [-0.3, -0.25) is 4.79 Å². The van der Waals surface area contributed by atoms with Gasteiger partial charge in [0, 0.05) is 11.1 Å². The molecule has 2 heterocycles. The van der Waals surface area contributed by atoms with Gasteiger partial charge in [0.15, 0.2) is 5.76 Å². The van der Waals surface area contributed by atoms with Crippen molar-refractivity contribution in [2.45, 2.75) is 26.2 Å². The molecule has 0 fully saturated rings. The molecule has 3 nitrogen and oxygen atoms in total. The molecule has 0 aromatic carbocycles. The Morgan fingerprint density at radius 1 is 1.67 bits per heavy atom. The molecule has 0 saturated heterocycles. The van der Waals surface area contributed by atoms with Gasteiger partial charge in [-0.1, -0.05) is 0 Å². The van der Waals surface area contributed by atoms with Crippen molar-refractivity contribution in [3.8, 4) is 0 Å². The highest BCUT2D eigenvalue weighted by molar-refractivity contribution is 7.09. The van der Waals surface area contributed by atoms with E-state index in [0.29, 0.717) is 18.8 Å². The van der Waals surface area contributed by atoms with E-state index < -0.39 is 0 Å². The Morgan fingerprint density at radius 2 is 2.53 bits per heavy atom. The van der Waals surface area contributed by atoms with Gasteiger partial charge in [0.2, 0.25) is 5.78 Å². The van der Waals surface area contributed by atoms with Gasteiger partial charge in [-0.25, -0.2) is 4.98 Å². The summed E-state index contributed by atoms with van der Waals surface area (Å²) >= 11 is 1.53. The van der Waals surface area contributed by atoms with Crippen molar-refractivity contribution < 1.29 is 9.53 Å². The Kier molecular flexibility index (Phi) is 3.16. The molecule has 4 heteroatoms. The van der Waals surface area contributed by atoms with Gasteiger partial charge in [-0.15, -0.1) is 11.3 Å². The largest absolute Gasteiger partial charge is 0.490 e. The maximum absolute atomic E-state index is 11.8. The number of aryl methyl sites for hydroxylation is 1. The summed E-state index contributed by atoms with van der Waals surface area (Å²) in [6, 6.07) is 0. The molecule has 0 bridgehead atoms. The van der Waals surface area contributed by atoms with Crippen molar-refractivity contribution in [2.75, 3.05) is 6.61 Å². The van der Waals surface area contributed by atoms with Crippen LogP contribution in [0.5, 0.6) is 0 Å². The first-order chi connectivity index (χ1) is 7.25. The molecule has 1 aromatic rings. The van der Waals surface area contributed by atoms with E-state index in [1.54, 1.807) is 0 Å². The van der Waals surface area contributed by atoms with Gasteiger partial charge in [-0.05, 0) is 25.8 Å². The number of Topliss-reactive ketones (excluding diaryl/α,β-unsaturated/α-hetero) is 1. The van der Waals surface area contributed by atoms with Crippen LogP contribution in [0.25, 0.3) is 0 Å². The summed E-state index contributed by atoms with van der Waals surface area (Å²) in [7, 11) is 0. The molecule has 0 aliphatic carbocycles. The Labute approximate surface area is 92.8 Å². The monoisotopic (exact) mass is 223 g/mol. The molecule has 15 heavy (non-hydrogen) atoms. The minimum absolute atomic E-state index is 0.0454. The number of carbonyl (C=O) groups excluding carboxylic acids is 1. The summed E-state index contributed by atoms with van der Waals surface area (Å²) in [6.45, 7) is 2.59. The zero-order valence-corrected chi connectivity index (χ0v) is 9.47. The van der Waals surface area contributed by atoms with Gasteiger partial charge < -0.3 is 4.74 Å². The maximum Gasteiger partial charge on any atom is 0.203 e. The van der Waals surface area contributed by atoms with Crippen molar-refractivity contribution in [1.29, 1.82) is 0 Å². The molecule has 80 valence electrons. The van der Waals surface area contributed by atoms with E-state index in [2.05, 4.69) is 4.98 Å². The number of allylic oxidation sites excluding steroid dienone is 2. The minimum Gasteiger partial charge on any atom is -0.490 e. The summed E-state index contributed by atoms with van der Waals surface area (Å²) in [5.74, 6) is 0.568. The average molecular weight is 223 g/mol. The van der Waals surface area contributed by atoms with E-state index in [0.717, 1.165) is 23.5 Å². The van der Waals surface area contributed by atoms with Crippen LogP contribution in [-0.4, -0.2) is 17.4 Å². The van der Waals surface area contributed by atoms with Gasteiger partial charge in [-0.2, -0.15) is 0 Å². The molecular weight excluding hydrogens is 210 g/mol. The summed E-state index contributed by atoms with van der Waals surface area (Å²) < 4.78 is 5.31. The molecule has 1 aliphatic rings. The van der Waals surface area contributed by atoms with E-state index in [4.69, 9.17) is 4.74 Å². The van der Waals surface area contributed by atoms with Crippen molar-refractivity contribution >= 4 is 17.1 Å². The number of thiazole rings is 1. The van der Waals surface area contributed by atoms with Crippen molar-refractivity contribution in [2.24, 2.45) is 0 Å². The Balaban J connectivity index is 2.00. The van der Waals surface area contributed by atoms with Crippen LogP contribution >= 0.6 is 11.3 Å². The highest BCUT2D eigenvalue weighted by Crippen LogP contribution is 2.15. The molecule has 1 aromatic heterocycles. The lowest BCUT2D eigenvalue weighted by Crippen LogP contribution is -2.13. The van der Waals surface area contributed by atoms with Crippen molar-refractivity contribution in [3.63, 3.8) is 0 Å². The first-order valence-corrected chi connectivity index (χ1v) is 5.91. The maximum atomic E-state index is 11.8. The Bertz CT molecular complexity index is 395. The molecule has 0 radical (unpaired) electrons. The van der Waals surface area contributed by atoms with Crippen LogP contribution in [0.3, 0.4) is 0 Å². The molecule has 0 saturated carbocycles. The fourth-order valence-electron chi connectivity index (χ4n) is 1.46. The van der Waals surface area contributed by atoms with Crippen molar-refractivity contribution in [3.05, 3.63) is 27.9 Å². The molecule has 0 N–H and O–H groups in total. The van der Waals surface area contributed by atoms with Crippen LogP contribution in [0.4, 0.5) is 0 Å². The van der Waals surface area contributed by atoms with Crippen LogP contribution in [0, 0.1) is 6.92 Å². The highest BCUT2D eigenvalue weighted by Gasteiger charge is 2.15. The third kappa shape index (κ3) is 2.65. The lowest BCUT2D eigenvalue weighted by molar-refractivity contribution is -0.118. The second kappa shape index (κ2) is 4.57. The fourth-order valence-corrected chi connectivity index (χ4v) is 2.23. The second-order valence-corrected chi connectivity index (χ2v) is 4.48. The van der Waals surface area contributed by atoms with E-state index in [1.165, 1.54) is 11.3 Å². The zero-order chi connectivity index (χ0) is 10.7. The van der Waals surface area contributed by atoms with Crippen LogP contribution < -0.4 is 0 Å². The topological polar surface area (TPSA) is 39.2 Å². The van der Waals surface area contributed by atoms with E-state index >= 15 is 0 Å². The summed E-state index contributed by atoms with van der Waals surface area (Å²) in [6.07, 6.45) is 4.20. The van der Waals surface area contributed by atoms with Gasteiger partial charge in [0.25, 0.3) is 0 Å². The molecule has 0 spiro atoms. The Morgan fingerprint density at radius 3 is 3.13 bits per heavy atom. The summed E-state index contributed by atoms with van der Waals surface area (Å²) in [5, 5.41) is 2.83. The normalized spacial score (nSPS) is 15.7. The number of rotatable bonds is 3. The first kappa shape index (κ1) is 10.4. The summed E-state index contributed by atoms with van der Waals surface area (Å²) in [4.78, 5) is 16.0. The van der Waals surface area contributed by atoms with Crippen molar-refractivity contribution in [1.82, 2.24) is 4.98 Å². The molecular formula is C11H13NO2S. The lowest BCUT2D eigenvalue weighted by atomic mass is 10.1. The quantitative estimate of drug-likeness (QED) is 0.789. The number of carbonyl (C=O) groups is 1. The first-order valence-electron chi connectivity index (χ1n) is 5.03. The molecule has 0 amide bonds. The third-order valence-corrected chi connectivity index (χ3v) is 3.16. The second-order valence-electron chi connectivity index (χ2n) is 3.54. The molecule has 0 atom stereocenters. The minimum atomic E-state index is 0.0454. The number of hydrogen-bond donors (Lipinski definition) is 0. The van der Waals surface area contributed by atoms with E-state index in [-0.39, 0.29) is 5.78 Å². The molecule has 2 rings (SSSR count). The predicted octanol–water partition coefficient (Wildman–Crippen LogP) is 2.26. The number of aromatic nitrogens is 1. The predicted molar refractivity (Wildman–Crippen MR) is 58.8 cm³/mol. The highest BCUT2D eigenvalue weighted by atomic mass is 32.1. The lowest BCUT2D eigenvalue weighted by Gasteiger charge is -2.12. The smallest absolute Gasteiger partial charge is 0.203 e. The number of hydrogen-bond acceptors (Lipinski definition) is 4. The van der Waals surface area contributed by atoms with Crippen LogP contribution in [-0.2, 0) is 16.0 Å². The average Bonchev–Trinajstić information content (AvgIpc) is 2.65. The number of nitrogens with zero attached hydrogens (tertiary/aromatic N) is 1. The number of ketones is 1. The van der Waals surface area contributed by atoms with Crippen LogP contribution in [0.1, 0.15) is 23.5 Å². The van der Waals surface area contributed by atoms with Gasteiger partial charge in [0.1, 0.15) is 5.01 Å². The third-order valence-electron chi connectivity index (χ3n) is 2.19. The van der Waals surface area contributed by atoms with Crippen LogP contribution in [0.2, 0.25) is 0 Å². The zero-order valence-electron chi connectivity index (χ0n) is 8.66. The summed E-state index contributed by atoms with van der Waals surface area (Å²) in [5.41, 5.74) is 0.973. The van der Waals surface area contributed by atoms with Gasteiger partial charge >= 0.3 is 0 Å². The molecule has 0 unspecified atom stereocenters. The van der Waals surface area contributed by atoms with Gasteiger partial charge in [0.05, 0.1) is 13.0 Å². The van der Waals surface area contributed by atoms with E-state index in [9.17, 15) is 4.79 Å². The Hall–Kier alpha value is -1.16.